The van der Waals surface area contributed by atoms with Crippen LogP contribution in [0.15, 0.2) is 42.5 Å². The van der Waals surface area contributed by atoms with Gasteiger partial charge in [0, 0.05) is 35.4 Å². The van der Waals surface area contributed by atoms with Gasteiger partial charge in [0.15, 0.2) is 6.61 Å². The Bertz CT molecular complexity index is 847. The van der Waals surface area contributed by atoms with Gasteiger partial charge in [-0.05, 0) is 37.5 Å². The first-order valence-electron chi connectivity index (χ1n) is 8.22. The lowest BCUT2D eigenvalue weighted by Gasteiger charge is -2.26. The van der Waals surface area contributed by atoms with Crippen LogP contribution in [0.5, 0.6) is 5.75 Å². The fourth-order valence-electron chi connectivity index (χ4n) is 3.30. The van der Waals surface area contributed by atoms with Gasteiger partial charge in [-0.25, -0.2) is 0 Å². The maximum absolute atomic E-state index is 12.2. The molecule has 0 atom stereocenters. The summed E-state index contributed by atoms with van der Waals surface area (Å²) < 4.78 is 5.71. The van der Waals surface area contributed by atoms with Crippen molar-refractivity contribution in [1.29, 1.82) is 0 Å². The number of fused-ring (bicyclic) bond motifs is 3. The molecule has 1 amide bonds. The smallest absolute Gasteiger partial charge is 0.260 e. The number of aromatic nitrogens is 1. The Labute approximate surface area is 135 Å². The Morgan fingerprint density at radius 3 is 2.65 bits per heavy atom. The van der Waals surface area contributed by atoms with E-state index in [4.69, 9.17) is 4.74 Å². The third-order valence-electron chi connectivity index (χ3n) is 4.55. The Morgan fingerprint density at radius 2 is 1.78 bits per heavy atom. The minimum absolute atomic E-state index is 0.0847. The van der Waals surface area contributed by atoms with Gasteiger partial charge >= 0.3 is 0 Å². The molecule has 4 rings (SSSR count). The number of carbonyl (C=O) groups is 1. The predicted octanol–water partition coefficient (Wildman–Crippen LogP) is 3.71. The molecule has 3 aromatic rings. The van der Waals surface area contributed by atoms with Gasteiger partial charge in [0.25, 0.3) is 5.91 Å². The first kappa shape index (κ1) is 14.1. The Kier molecular flexibility index (Phi) is 3.66. The van der Waals surface area contributed by atoms with Crippen molar-refractivity contribution in [2.75, 3.05) is 19.7 Å². The van der Waals surface area contributed by atoms with Gasteiger partial charge in [-0.2, -0.15) is 0 Å². The fraction of sp³-hybridized carbons (Fsp3) is 0.316. The third-order valence-corrected chi connectivity index (χ3v) is 4.55. The molecule has 0 bridgehead atoms. The topological polar surface area (TPSA) is 45.3 Å². The SMILES string of the molecule is O=C(COc1ccc2c(c1)[nH]c1ccccc12)N1CCCCC1. The van der Waals surface area contributed by atoms with Crippen LogP contribution in [0.2, 0.25) is 0 Å². The number of likely N-dealkylation sites (tertiary alicyclic amines) is 1. The third kappa shape index (κ3) is 2.77. The molecule has 118 valence electrons. The van der Waals surface area contributed by atoms with Gasteiger partial charge in [0.2, 0.25) is 0 Å². The van der Waals surface area contributed by atoms with Gasteiger partial charge < -0.3 is 14.6 Å². The number of aromatic amines is 1. The number of benzene rings is 2. The molecule has 2 heterocycles. The van der Waals surface area contributed by atoms with Crippen LogP contribution in [-0.4, -0.2) is 35.5 Å². The second kappa shape index (κ2) is 5.95. The lowest BCUT2D eigenvalue weighted by Crippen LogP contribution is -2.38. The van der Waals surface area contributed by atoms with Crippen molar-refractivity contribution in [3.05, 3.63) is 42.5 Å². The van der Waals surface area contributed by atoms with Crippen LogP contribution in [0, 0.1) is 0 Å². The van der Waals surface area contributed by atoms with Crippen molar-refractivity contribution in [3.63, 3.8) is 0 Å². The monoisotopic (exact) mass is 308 g/mol. The van der Waals surface area contributed by atoms with Crippen LogP contribution in [0.1, 0.15) is 19.3 Å². The second-order valence-corrected chi connectivity index (χ2v) is 6.11. The van der Waals surface area contributed by atoms with E-state index in [0.29, 0.717) is 0 Å². The highest BCUT2D eigenvalue weighted by Gasteiger charge is 2.16. The molecular weight excluding hydrogens is 288 g/mol. The van der Waals surface area contributed by atoms with E-state index in [2.05, 4.69) is 23.2 Å². The normalized spacial score (nSPS) is 15.2. The van der Waals surface area contributed by atoms with Crippen LogP contribution < -0.4 is 4.74 Å². The van der Waals surface area contributed by atoms with E-state index >= 15 is 0 Å². The van der Waals surface area contributed by atoms with E-state index in [1.165, 1.54) is 17.2 Å². The number of carbonyl (C=O) groups excluding carboxylic acids is 1. The van der Waals surface area contributed by atoms with E-state index in [-0.39, 0.29) is 12.5 Å². The highest BCUT2D eigenvalue weighted by Crippen LogP contribution is 2.28. The summed E-state index contributed by atoms with van der Waals surface area (Å²) >= 11 is 0. The highest BCUT2D eigenvalue weighted by molar-refractivity contribution is 6.07. The molecule has 0 aliphatic carbocycles. The van der Waals surface area contributed by atoms with Crippen LogP contribution in [0.25, 0.3) is 21.8 Å². The average Bonchev–Trinajstić information content (AvgIpc) is 2.98. The van der Waals surface area contributed by atoms with Crippen LogP contribution in [0.4, 0.5) is 0 Å². The van der Waals surface area contributed by atoms with Crippen molar-refractivity contribution in [1.82, 2.24) is 9.88 Å². The Hall–Kier alpha value is -2.49. The van der Waals surface area contributed by atoms with E-state index in [1.807, 2.05) is 29.2 Å². The first-order valence-corrected chi connectivity index (χ1v) is 8.22. The highest BCUT2D eigenvalue weighted by atomic mass is 16.5. The number of ether oxygens (including phenoxy) is 1. The van der Waals surface area contributed by atoms with Crippen LogP contribution in [-0.2, 0) is 4.79 Å². The van der Waals surface area contributed by atoms with Crippen molar-refractivity contribution in [2.45, 2.75) is 19.3 Å². The molecule has 4 heteroatoms. The van der Waals surface area contributed by atoms with Gasteiger partial charge in [-0.3, -0.25) is 4.79 Å². The van der Waals surface area contributed by atoms with Crippen LogP contribution in [0.3, 0.4) is 0 Å². The summed E-state index contributed by atoms with van der Waals surface area (Å²) in [6.45, 7) is 1.85. The largest absolute Gasteiger partial charge is 0.484 e. The minimum atomic E-state index is 0.0847. The van der Waals surface area contributed by atoms with Gasteiger partial charge in [-0.15, -0.1) is 0 Å². The average molecular weight is 308 g/mol. The summed E-state index contributed by atoms with van der Waals surface area (Å²) in [4.78, 5) is 17.5. The number of rotatable bonds is 3. The number of piperidine rings is 1. The number of H-pyrrole nitrogens is 1. The lowest BCUT2D eigenvalue weighted by atomic mass is 10.1. The molecule has 1 aromatic heterocycles. The van der Waals surface area contributed by atoms with Gasteiger partial charge in [-0.1, -0.05) is 18.2 Å². The predicted molar refractivity (Wildman–Crippen MR) is 91.7 cm³/mol. The molecule has 2 aromatic carbocycles. The molecule has 1 N–H and O–H groups in total. The summed E-state index contributed by atoms with van der Waals surface area (Å²) in [5, 5.41) is 2.38. The number of nitrogens with one attached hydrogen (secondary N) is 1. The molecular formula is C19H20N2O2. The molecule has 1 aliphatic heterocycles. The molecule has 0 unspecified atom stereocenters. The molecule has 0 spiro atoms. The van der Waals surface area contributed by atoms with E-state index < -0.39 is 0 Å². The number of hydrogen-bond donors (Lipinski definition) is 1. The number of hydrogen-bond acceptors (Lipinski definition) is 2. The zero-order valence-electron chi connectivity index (χ0n) is 13.0. The quantitative estimate of drug-likeness (QED) is 0.801. The van der Waals surface area contributed by atoms with Crippen LogP contribution >= 0.6 is 0 Å². The zero-order valence-corrected chi connectivity index (χ0v) is 13.0. The molecule has 1 fully saturated rings. The summed E-state index contributed by atoms with van der Waals surface area (Å²) in [7, 11) is 0. The fourth-order valence-corrected chi connectivity index (χ4v) is 3.30. The number of amides is 1. The molecule has 4 nitrogen and oxygen atoms in total. The molecule has 0 saturated carbocycles. The zero-order chi connectivity index (χ0) is 15.6. The molecule has 0 radical (unpaired) electrons. The Morgan fingerprint density at radius 1 is 1.00 bits per heavy atom. The van der Waals surface area contributed by atoms with E-state index in [1.54, 1.807) is 0 Å². The van der Waals surface area contributed by atoms with Crippen molar-refractivity contribution < 1.29 is 9.53 Å². The first-order chi connectivity index (χ1) is 11.3. The number of para-hydroxylation sites is 1. The number of nitrogens with zero attached hydrogens (tertiary/aromatic N) is 1. The van der Waals surface area contributed by atoms with Crippen molar-refractivity contribution in [2.24, 2.45) is 0 Å². The Balaban J connectivity index is 1.50. The van der Waals surface area contributed by atoms with E-state index in [9.17, 15) is 4.79 Å². The summed E-state index contributed by atoms with van der Waals surface area (Å²) in [6, 6.07) is 14.2. The van der Waals surface area contributed by atoms with Gasteiger partial charge in [0.05, 0.1) is 5.52 Å². The maximum atomic E-state index is 12.2. The summed E-state index contributed by atoms with van der Waals surface area (Å²) in [5.74, 6) is 0.816. The van der Waals surface area contributed by atoms with E-state index in [0.717, 1.165) is 42.7 Å². The molecule has 1 saturated heterocycles. The summed E-state index contributed by atoms with van der Waals surface area (Å²) in [6.07, 6.45) is 3.43. The lowest BCUT2D eigenvalue weighted by molar-refractivity contribution is -0.134. The van der Waals surface area contributed by atoms with Crippen molar-refractivity contribution >= 4 is 27.7 Å². The molecule has 1 aliphatic rings. The molecule has 23 heavy (non-hydrogen) atoms. The minimum Gasteiger partial charge on any atom is -0.484 e. The standard InChI is InChI=1S/C19H20N2O2/c22-19(21-10-4-1-5-11-21)13-23-14-8-9-16-15-6-2-3-7-17(15)20-18(16)12-14/h2-3,6-9,12,20H,1,4-5,10-11,13H2. The second-order valence-electron chi connectivity index (χ2n) is 6.11. The van der Waals surface area contributed by atoms with Crippen molar-refractivity contribution in [3.8, 4) is 5.75 Å². The van der Waals surface area contributed by atoms with Gasteiger partial charge in [0.1, 0.15) is 5.75 Å². The summed E-state index contributed by atoms with van der Waals surface area (Å²) in [5.41, 5.74) is 2.15. The maximum Gasteiger partial charge on any atom is 0.260 e.